The van der Waals surface area contributed by atoms with Crippen molar-refractivity contribution in [1.29, 1.82) is 0 Å². The van der Waals surface area contributed by atoms with E-state index in [9.17, 15) is 5.11 Å². The van der Waals surface area contributed by atoms with Gasteiger partial charge in [0.05, 0.1) is 5.02 Å². The average molecular weight is 183 g/mol. The first-order valence-corrected chi connectivity index (χ1v) is 4.12. The van der Waals surface area contributed by atoms with Crippen molar-refractivity contribution < 1.29 is 5.11 Å². The molecule has 12 heavy (non-hydrogen) atoms. The van der Waals surface area contributed by atoms with Crippen LogP contribution in [0.25, 0.3) is 0 Å². The highest BCUT2D eigenvalue weighted by Crippen LogP contribution is 2.28. The molecular formula is C10H11ClO. The van der Waals surface area contributed by atoms with Gasteiger partial charge >= 0.3 is 0 Å². The lowest BCUT2D eigenvalue weighted by molar-refractivity contribution is 0.471. The maximum Gasteiger partial charge on any atom is 0.137 e. The summed E-state index contributed by atoms with van der Waals surface area (Å²) in [4.78, 5) is 0. The number of hydrogen-bond acceptors (Lipinski definition) is 1. The molecule has 1 aromatic rings. The third-order valence-corrected chi connectivity index (χ3v) is 1.98. The number of halogens is 1. The molecule has 0 bridgehead atoms. The first-order valence-electron chi connectivity index (χ1n) is 3.74. The zero-order chi connectivity index (χ0) is 9.14. The molecule has 0 spiro atoms. The highest BCUT2D eigenvalue weighted by molar-refractivity contribution is 6.32. The van der Waals surface area contributed by atoms with Crippen molar-refractivity contribution in [2.24, 2.45) is 0 Å². The molecule has 1 rings (SSSR count). The van der Waals surface area contributed by atoms with E-state index in [1.165, 1.54) is 0 Å². The molecular weight excluding hydrogens is 172 g/mol. The minimum atomic E-state index is 0.171. The summed E-state index contributed by atoms with van der Waals surface area (Å²) < 4.78 is 0. The standard InChI is InChI=1S/C10H11ClO/c1-3-4-8-5-7(2)10(12)9(11)6-8/h3,5-6,12H,1,4H2,2H3. The number of phenols is 1. The first-order chi connectivity index (χ1) is 5.65. The predicted molar refractivity (Wildman–Crippen MR) is 51.8 cm³/mol. The summed E-state index contributed by atoms with van der Waals surface area (Å²) in [5.74, 6) is 0.171. The van der Waals surface area contributed by atoms with Crippen LogP contribution < -0.4 is 0 Å². The van der Waals surface area contributed by atoms with E-state index in [1.54, 1.807) is 6.07 Å². The fraction of sp³-hybridized carbons (Fsp3) is 0.200. The quantitative estimate of drug-likeness (QED) is 0.697. The van der Waals surface area contributed by atoms with Crippen LogP contribution in [0.1, 0.15) is 11.1 Å². The van der Waals surface area contributed by atoms with Crippen LogP contribution in [0.15, 0.2) is 24.8 Å². The number of allylic oxidation sites excluding steroid dienone is 1. The van der Waals surface area contributed by atoms with Gasteiger partial charge in [0.25, 0.3) is 0 Å². The van der Waals surface area contributed by atoms with Crippen molar-refractivity contribution >= 4 is 11.6 Å². The van der Waals surface area contributed by atoms with Crippen molar-refractivity contribution in [2.45, 2.75) is 13.3 Å². The number of aryl methyl sites for hydroxylation is 1. The summed E-state index contributed by atoms with van der Waals surface area (Å²) in [6, 6.07) is 3.66. The van der Waals surface area contributed by atoms with Gasteiger partial charge in [-0.2, -0.15) is 0 Å². The van der Waals surface area contributed by atoms with Gasteiger partial charge in [-0.1, -0.05) is 23.7 Å². The average Bonchev–Trinajstić information content (AvgIpc) is 2.01. The zero-order valence-electron chi connectivity index (χ0n) is 6.97. The van der Waals surface area contributed by atoms with Crippen molar-refractivity contribution in [3.8, 4) is 5.75 Å². The van der Waals surface area contributed by atoms with Gasteiger partial charge in [0.15, 0.2) is 0 Å². The van der Waals surface area contributed by atoms with E-state index >= 15 is 0 Å². The number of hydrogen-bond donors (Lipinski definition) is 1. The number of phenolic OH excluding ortho intramolecular Hbond substituents is 1. The number of aromatic hydroxyl groups is 1. The minimum Gasteiger partial charge on any atom is -0.506 e. The van der Waals surface area contributed by atoms with Crippen LogP contribution in [0.2, 0.25) is 5.02 Å². The smallest absolute Gasteiger partial charge is 0.137 e. The van der Waals surface area contributed by atoms with Crippen LogP contribution in [0, 0.1) is 6.92 Å². The summed E-state index contributed by atoms with van der Waals surface area (Å²) in [6.07, 6.45) is 2.59. The van der Waals surface area contributed by atoms with Crippen LogP contribution in [0.4, 0.5) is 0 Å². The van der Waals surface area contributed by atoms with Crippen molar-refractivity contribution in [3.63, 3.8) is 0 Å². The van der Waals surface area contributed by atoms with E-state index in [0.29, 0.717) is 5.02 Å². The van der Waals surface area contributed by atoms with E-state index in [-0.39, 0.29) is 5.75 Å². The molecule has 0 aliphatic carbocycles. The van der Waals surface area contributed by atoms with Crippen LogP contribution in [-0.4, -0.2) is 5.11 Å². The summed E-state index contributed by atoms with van der Waals surface area (Å²) in [5.41, 5.74) is 1.88. The number of rotatable bonds is 2. The molecule has 0 saturated heterocycles. The second-order valence-corrected chi connectivity index (χ2v) is 3.14. The zero-order valence-corrected chi connectivity index (χ0v) is 7.73. The maximum absolute atomic E-state index is 9.34. The predicted octanol–water partition coefficient (Wildman–Crippen LogP) is 3.08. The van der Waals surface area contributed by atoms with Crippen LogP contribution in [-0.2, 0) is 6.42 Å². The SMILES string of the molecule is C=CCc1cc(C)c(O)c(Cl)c1. The molecule has 0 aliphatic rings. The highest BCUT2D eigenvalue weighted by atomic mass is 35.5. The van der Waals surface area contributed by atoms with Crippen molar-refractivity contribution in [2.75, 3.05) is 0 Å². The Hall–Kier alpha value is -0.950. The van der Waals surface area contributed by atoms with Crippen LogP contribution in [0.5, 0.6) is 5.75 Å². The Balaban J connectivity index is 3.11. The molecule has 1 nitrogen and oxygen atoms in total. The third-order valence-electron chi connectivity index (χ3n) is 1.69. The summed E-state index contributed by atoms with van der Waals surface area (Å²) >= 11 is 5.77. The van der Waals surface area contributed by atoms with Gasteiger partial charge in [0.1, 0.15) is 5.75 Å². The topological polar surface area (TPSA) is 20.2 Å². The Kier molecular flexibility index (Phi) is 2.77. The molecule has 0 heterocycles. The van der Waals surface area contributed by atoms with Gasteiger partial charge in [-0.25, -0.2) is 0 Å². The van der Waals surface area contributed by atoms with Gasteiger partial charge in [0.2, 0.25) is 0 Å². The van der Waals surface area contributed by atoms with Crippen molar-refractivity contribution in [3.05, 3.63) is 40.9 Å². The molecule has 2 heteroatoms. The Morgan fingerprint density at radius 3 is 2.75 bits per heavy atom. The lowest BCUT2D eigenvalue weighted by atomic mass is 10.1. The molecule has 1 aromatic carbocycles. The Morgan fingerprint density at radius 2 is 2.25 bits per heavy atom. The molecule has 0 unspecified atom stereocenters. The van der Waals surface area contributed by atoms with Crippen LogP contribution in [0.3, 0.4) is 0 Å². The molecule has 0 fully saturated rings. The lowest BCUT2D eigenvalue weighted by Gasteiger charge is -2.04. The summed E-state index contributed by atoms with van der Waals surface area (Å²) in [7, 11) is 0. The van der Waals surface area contributed by atoms with Gasteiger partial charge in [-0.3, -0.25) is 0 Å². The summed E-state index contributed by atoms with van der Waals surface area (Å²) in [5, 5.41) is 9.75. The Labute approximate surface area is 77.3 Å². The summed E-state index contributed by atoms with van der Waals surface area (Å²) in [6.45, 7) is 5.46. The fourth-order valence-corrected chi connectivity index (χ4v) is 1.38. The van der Waals surface area contributed by atoms with E-state index in [2.05, 4.69) is 6.58 Å². The molecule has 0 amide bonds. The fourth-order valence-electron chi connectivity index (χ4n) is 1.09. The van der Waals surface area contributed by atoms with Crippen LogP contribution >= 0.6 is 11.6 Å². The molecule has 0 aliphatic heterocycles. The molecule has 0 saturated carbocycles. The monoisotopic (exact) mass is 182 g/mol. The minimum absolute atomic E-state index is 0.171. The molecule has 0 radical (unpaired) electrons. The van der Waals surface area contributed by atoms with E-state index < -0.39 is 0 Å². The van der Waals surface area contributed by atoms with Gasteiger partial charge in [-0.05, 0) is 30.5 Å². The van der Waals surface area contributed by atoms with E-state index in [0.717, 1.165) is 17.5 Å². The Bertz CT molecular complexity index is 282. The Morgan fingerprint density at radius 1 is 1.58 bits per heavy atom. The normalized spacial score (nSPS) is 9.83. The van der Waals surface area contributed by atoms with E-state index in [1.807, 2.05) is 19.1 Å². The largest absolute Gasteiger partial charge is 0.506 e. The molecule has 0 aromatic heterocycles. The second kappa shape index (κ2) is 3.63. The van der Waals surface area contributed by atoms with Gasteiger partial charge < -0.3 is 5.11 Å². The van der Waals surface area contributed by atoms with Gasteiger partial charge in [0, 0.05) is 0 Å². The molecule has 64 valence electrons. The van der Waals surface area contributed by atoms with Crippen molar-refractivity contribution in [1.82, 2.24) is 0 Å². The number of benzene rings is 1. The first kappa shape index (κ1) is 9.14. The lowest BCUT2D eigenvalue weighted by Crippen LogP contribution is -1.84. The molecule has 1 N–H and O–H groups in total. The third kappa shape index (κ3) is 1.80. The second-order valence-electron chi connectivity index (χ2n) is 2.74. The highest BCUT2D eigenvalue weighted by Gasteiger charge is 2.03. The van der Waals surface area contributed by atoms with E-state index in [4.69, 9.17) is 11.6 Å². The molecule has 0 atom stereocenters. The maximum atomic E-state index is 9.34. The van der Waals surface area contributed by atoms with Gasteiger partial charge in [-0.15, -0.1) is 6.58 Å².